The van der Waals surface area contributed by atoms with Crippen molar-refractivity contribution in [2.24, 2.45) is 11.8 Å². The Labute approximate surface area is 143 Å². The summed E-state index contributed by atoms with van der Waals surface area (Å²) in [6.07, 6.45) is 3.84. The van der Waals surface area contributed by atoms with Gasteiger partial charge in [0, 0.05) is 6.04 Å². The molecule has 1 fully saturated rings. The van der Waals surface area contributed by atoms with Gasteiger partial charge in [-0.2, -0.15) is 0 Å². The SMILES string of the molecule is Cc1cc(O)ccc1S(=O)(=O)NC(=O)NC1CCC(C(C)C)CC1. The molecule has 6 nitrogen and oxygen atoms in total. The lowest BCUT2D eigenvalue weighted by atomic mass is 9.80. The first-order valence-corrected chi connectivity index (χ1v) is 9.80. The van der Waals surface area contributed by atoms with Gasteiger partial charge in [0.05, 0.1) is 4.90 Å². The summed E-state index contributed by atoms with van der Waals surface area (Å²) in [7, 11) is -3.96. The predicted molar refractivity (Wildman–Crippen MR) is 92.3 cm³/mol. The lowest BCUT2D eigenvalue weighted by molar-refractivity contribution is 0.219. The summed E-state index contributed by atoms with van der Waals surface area (Å²) in [5.74, 6) is 1.30. The first-order chi connectivity index (χ1) is 11.2. The number of nitrogens with one attached hydrogen (secondary N) is 2. The van der Waals surface area contributed by atoms with Crippen molar-refractivity contribution in [1.29, 1.82) is 0 Å². The highest BCUT2D eigenvalue weighted by Crippen LogP contribution is 2.29. The zero-order valence-electron chi connectivity index (χ0n) is 14.4. The van der Waals surface area contributed by atoms with E-state index in [4.69, 9.17) is 0 Å². The van der Waals surface area contributed by atoms with Crippen molar-refractivity contribution >= 4 is 16.1 Å². The van der Waals surface area contributed by atoms with Crippen molar-refractivity contribution in [2.45, 2.75) is 57.4 Å². The third-order valence-corrected chi connectivity index (χ3v) is 6.22. The number of rotatable bonds is 4. The molecule has 2 rings (SSSR count). The third-order valence-electron chi connectivity index (χ3n) is 4.72. The number of carbonyl (C=O) groups excluding carboxylic acids is 1. The molecule has 24 heavy (non-hydrogen) atoms. The number of hydrogen-bond acceptors (Lipinski definition) is 4. The molecular weight excluding hydrogens is 328 g/mol. The summed E-state index contributed by atoms with van der Waals surface area (Å²) in [5, 5.41) is 12.1. The van der Waals surface area contributed by atoms with Crippen LogP contribution in [-0.2, 0) is 10.0 Å². The number of urea groups is 1. The maximum Gasteiger partial charge on any atom is 0.328 e. The fourth-order valence-corrected chi connectivity index (χ4v) is 4.40. The van der Waals surface area contributed by atoms with Gasteiger partial charge in [0.1, 0.15) is 5.75 Å². The quantitative estimate of drug-likeness (QED) is 0.775. The molecule has 0 unspecified atom stereocenters. The topological polar surface area (TPSA) is 95.5 Å². The fourth-order valence-electron chi connectivity index (χ4n) is 3.26. The molecule has 0 aromatic heterocycles. The zero-order valence-corrected chi connectivity index (χ0v) is 15.2. The number of aromatic hydroxyl groups is 1. The first-order valence-electron chi connectivity index (χ1n) is 8.32. The molecule has 0 aliphatic heterocycles. The number of carbonyl (C=O) groups is 1. The number of phenolic OH excluding ortho intramolecular Hbond substituents is 1. The predicted octanol–water partition coefficient (Wildman–Crippen LogP) is 2.90. The highest BCUT2D eigenvalue weighted by molar-refractivity contribution is 7.90. The minimum absolute atomic E-state index is 0.0103. The van der Waals surface area contributed by atoms with Gasteiger partial charge in [0.15, 0.2) is 0 Å². The molecule has 0 heterocycles. The van der Waals surface area contributed by atoms with E-state index < -0.39 is 16.1 Å². The van der Waals surface area contributed by atoms with Crippen LogP contribution in [0, 0.1) is 18.8 Å². The maximum atomic E-state index is 12.3. The van der Waals surface area contributed by atoms with Gasteiger partial charge >= 0.3 is 6.03 Å². The average molecular weight is 354 g/mol. The highest BCUT2D eigenvalue weighted by Gasteiger charge is 2.26. The van der Waals surface area contributed by atoms with Crippen molar-refractivity contribution in [3.8, 4) is 5.75 Å². The number of hydrogen-bond donors (Lipinski definition) is 3. The van der Waals surface area contributed by atoms with E-state index in [2.05, 4.69) is 23.9 Å². The Morgan fingerprint density at radius 3 is 2.38 bits per heavy atom. The van der Waals surface area contributed by atoms with Crippen molar-refractivity contribution in [3.05, 3.63) is 23.8 Å². The van der Waals surface area contributed by atoms with Gasteiger partial charge in [0.2, 0.25) is 0 Å². The van der Waals surface area contributed by atoms with Crippen LogP contribution >= 0.6 is 0 Å². The number of phenols is 1. The van der Waals surface area contributed by atoms with Gasteiger partial charge in [-0.1, -0.05) is 13.8 Å². The molecule has 3 N–H and O–H groups in total. The van der Waals surface area contributed by atoms with Crippen LogP contribution in [0.4, 0.5) is 4.79 Å². The summed E-state index contributed by atoms with van der Waals surface area (Å²) < 4.78 is 26.7. The molecule has 0 spiro atoms. The van der Waals surface area contributed by atoms with Crippen LogP contribution in [-0.4, -0.2) is 25.6 Å². The minimum atomic E-state index is -3.96. The zero-order chi connectivity index (χ0) is 17.9. The Kier molecular flexibility index (Phi) is 5.74. The van der Waals surface area contributed by atoms with Crippen LogP contribution in [0.2, 0.25) is 0 Å². The summed E-state index contributed by atoms with van der Waals surface area (Å²) in [4.78, 5) is 12.0. The molecular formula is C17H26N2O4S. The Morgan fingerprint density at radius 1 is 1.21 bits per heavy atom. The van der Waals surface area contributed by atoms with E-state index in [9.17, 15) is 18.3 Å². The summed E-state index contributed by atoms with van der Waals surface area (Å²) >= 11 is 0. The van der Waals surface area contributed by atoms with Crippen LogP contribution in [0.3, 0.4) is 0 Å². The van der Waals surface area contributed by atoms with Gasteiger partial charge in [-0.3, -0.25) is 0 Å². The Balaban J connectivity index is 1.94. The number of aryl methyl sites for hydroxylation is 1. The van der Waals surface area contributed by atoms with E-state index >= 15 is 0 Å². The number of benzene rings is 1. The molecule has 1 aromatic rings. The van der Waals surface area contributed by atoms with Crippen LogP contribution in [0.15, 0.2) is 23.1 Å². The summed E-state index contributed by atoms with van der Waals surface area (Å²) in [6.45, 7) is 5.98. The van der Waals surface area contributed by atoms with Crippen molar-refractivity contribution in [3.63, 3.8) is 0 Å². The molecule has 0 bridgehead atoms. The van der Waals surface area contributed by atoms with Crippen molar-refractivity contribution < 1.29 is 18.3 Å². The average Bonchev–Trinajstić information content (AvgIpc) is 2.46. The largest absolute Gasteiger partial charge is 0.508 e. The summed E-state index contributed by atoms with van der Waals surface area (Å²) in [5.41, 5.74) is 0.382. The van der Waals surface area contributed by atoms with Crippen LogP contribution < -0.4 is 10.0 Å². The normalized spacial score (nSPS) is 21.5. The molecule has 1 aliphatic carbocycles. The maximum absolute atomic E-state index is 12.3. The van der Waals surface area contributed by atoms with Gasteiger partial charge in [0.25, 0.3) is 10.0 Å². The Morgan fingerprint density at radius 2 is 1.83 bits per heavy atom. The lowest BCUT2D eigenvalue weighted by Crippen LogP contribution is -2.46. The molecule has 1 aromatic carbocycles. The van der Waals surface area contributed by atoms with Crippen LogP contribution in [0.5, 0.6) is 5.75 Å². The molecule has 1 saturated carbocycles. The molecule has 1 aliphatic rings. The second kappa shape index (κ2) is 7.42. The first kappa shape index (κ1) is 18.6. The van der Waals surface area contributed by atoms with Crippen molar-refractivity contribution in [1.82, 2.24) is 10.0 Å². The Hall–Kier alpha value is -1.76. The summed E-state index contributed by atoms with van der Waals surface area (Å²) in [6, 6.07) is 3.23. The van der Waals surface area contributed by atoms with Crippen LogP contribution in [0.1, 0.15) is 45.1 Å². The molecule has 0 radical (unpaired) electrons. The van der Waals surface area contributed by atoms with Gasteiger partial charge in [-0.05, 0) is 68.2 Å². The Bertz CT molecular complexity index is 693. The molecule has 7 heteroatoms. The second-order valence-corrected chi connectivity index (χ2v) is 8.54. The van der Waals surface area contributed by atoms with Gasteiger partial charge in [-0.25, -0.2) is 17.9 Å². The van der Waals surface area contributed by atoms with E-state index in [1.54, 1.807) is 6.92 Å². The third kappa shape index (κ3) is 4.63. The standard InChI is InChI=1S/C17H26N2O4S/c1-11(2)13-4-6-14(7-5-13)18-17(21)19-24(22,23)16-9-8-15(20)10-12(16)3/h8-11,13-14,20H,4-7H2,1-3H3,(H2,18,19,21). The highest BCUT2D eigenvalue weighted by atomic mass is 32.2. The van der Waals surface area contributed by atoms with E-state index in [0.29, 0.717) is 17.4 Å². The minimum Gasteiger partial charge on any atom is -0.508 e. The number of sulfonamides is 1. The van der Waals surface area contributed by atoms with E-state index in [1.807, 2.05) is 0 Å². The van der Waals surface area contributed by atoms with Gasteiger partial charge in [-0.15, -0.1) is 0 Å². The molecule has 134 valence electrons. The molecule has 0 saturated heterocycles. The second-order valence-electron chi connectivity index (χ2n) is 6.88. The monoisotopic (exact) mass is 354 g/mol. The van der Waals surface area contributed by atoms with Crippen molar-refractivity contribution in [2.75, 3.05) is 0 Å². The van der Waals surface area contributed by atoms with E-state index in [1.165, 1.54) is 18.2 Å². The smallest absolute Gasteiger partial charge is 0.328 e. The fraction of sp³-hybridized carbons (Fsp3) is 0.588. The van der Waals surface area contributed by atoms with E-state index in [-0.39, 0.29) is 16.7 Å². The lowest BCUT2D eigenvalue weighted by Gasteiger charge is -2.31. The number of amides is 2. The van der Waals surface area contributed by atoms with Gasteiger partial charge < -0.3 is 10.4 Å². The van der Waals surface area contributed by atoms with E-state index in [0.717, 1.165) is 25.7 Å². The molecule has 0 atom stereocenters. The van der Waals surface area contributed by atoms with Crippen LogP contribution in [0.25, 0.3) is 0 Å². The molecule has 2 amide bonds.